The van der Waals surface area contributed by atoms with Crippen molar-refractivity contribution in [1.82, 2.24) is 5.16 Å². The Kier molecular flexibility index (Phi) is 5.02. The van der Waals surface area contributed by atoms with Gasteiger partial charge in [-0.2, -0.15) is 0 Å². The molecule has 0 aliphatic carbocycles. The lowest BCUT2D eigenvalue weighted by molar-refractivity contribution is -0.115. The molecule has 1 aromatic heterocycles. The highest BCUT2D eigenvalue weighted by Crippen LogP contribution is 2.24. The number of esters is 1. The van der Waals surface area contributed by atoms with Crippen molar-refractivity contribution in [2.24, 2.45) is 0 Å². The van der Waals surface area contributed by atoms with Crippen LogP contribution in [0.15, 0.2) is 40.9 Å². The first kappa shape index (κ1) is 17.7. The number of aromatic nitrogens is 1. The second-order valence-electron chi connectivity index (χ2n) is 6.11. The first-order valence-corrected chi connectivity index (χ1v) is 8.40. The number of hydrogen-bond donors (Lipinski definition) is 1. The number of nitrogens with zero attached hydrogens (tertiary/aromatic N) is 1. The summed E-state index contributed by atoms with van der Waals surface area (Å²) < 4.78 is 10.3. The summed E-state index contributed by atoms with van der Waals surface area (Å²) in [5, 5.41) is 7.70. The van der Waals surface area contributed by atoms with E-state index >= 15 is 0 Å². The summed E-state index contributed by atoms with van der Waals surface area (Å²) in [6, 6.07) is 10.6. The van der Waals surface area contributed by atoms with E-state index < -0.39 is 0 Å². The number of carbonyl (C=O) groups excluding carboxylic acids is 2. The number of hydrogen-bond acceptors (Lipinski definition) is 5. The monoisotopic (exact) mass is 352 g/mol. The highest BCUT2D eigenvalue weighted by molar-refractivity contribution is 5.96. The first-order chi connectivity index (χ1) is 12.5. The van der Waals surface area contributed by atoms with Gasteiger partial charge in [-0.05, 0) is 62.2 Å². The minimum Gasteiger partial charge on any atom is -0.462 e. The molecule has 6 heteroatoms. The number of ether oxygens (including phenoxy) is 1. The molecular weight excluding hydrogens is 332 g/mol. The zero-order valence-electron chi connectivity index (χ0n) is 15.0. The summed E-state index contributed by atoms with van der Waals surface area (Å²) in [6.45, 7) is 6.02. The molecule has 134 valence electrons. The van der Waals surface area contributed by atoms with Crippen LogP contribution in [-0.4, -0.2) is 23.6 Å². The van der Waals surface area contributed by atoms with Crippen molar-refractivity contribution < 1.29 is 18.8 Å². The molecule has 1 N–H and O–H groups in total. The van der Waals surface area contributed by atoms with Gasteiger partial charge in [0.25, 0.3) is 0 Å². The maximum Gasteiger partial charge on any atom is 0.338 e. The molecule has 0 bridgehead atoms. The summed E-state index contributed by atoms with van der Waals surface area (Å²) in [7, 11) is 0. The Hall–Kier alpha value is -3.15. The summed E-state index contributed by atoms with van der Waals surface area (Å²) in [4.78, 5) is 24.0. The Morgan fingerprint density at radius 3 is 2.58 bits per heavy atom. The van der Waals surface area contributed by atoms with Crippen LogP contribution in [0.3, 0.4) is 0 Å². The standard InChI is InChI=1S/C20H20N2O4/c1-4-25-20(24)14-5-7-15(8-6-14)21-18(23)11-17-16-10-12(2)9-13(3)19(16)26-22-17/h5-10H,4,11H2,1-3H3,(H,21,23). The SMILES string of the molecule is CCOC(=O)c1ccc(NC(=O)Cc2noc3c(C)cc(C)cc23)cc1. The molecule has 0 saturated carbocycles. The van der Waals surface area contributed by atoms with Gasteiger partial charge in [0.15, 0.2) is 5.58 Å². The number of amides is 1. The molecule has 0 fully saturated rings. The van der Waals surface area contributed by atoms with E-state index in [1.54, 1.807) is 31.2 Å². The molecule has 0 saturated heterocycles. The average molecular weight is 352 g/mol. The van der Waals surface area contributed by atoms with Crippen molar-refractivity contribution in [3.05, 3.63) is 58.8 Å². The molecule has 0 aliphatic rings. The van der Waals surface area contributed by atoms with Crippen molar-refractivity contribution in [1.29, 1.82) is 0 Å². The molecule has 0 radical (unpaired) electrons. The minimum atomic E-state index is -0.384. The van der Waals surface area contributed by atoms with Gasteiger partial charge in [0.05, 0.1) is 18.6 Å². The van der Waals surface area contributed by atoms with Crippen molar-refractivity contribution in [2.45, 2.75) is 27.2 Å². The molecule has 0 unspecified atom stereocenters. The summed E-state index contributed by atoms with van der Waals surface area (Å²) in [6.07, 6.45) is 0.107. The molecule has 1 amide bonds. The maximum absolute atomic E-state index is 12.3. The van der Waals surface area contributed by atoms with Crippen LogP contribution < -0.4 is 5.32 Å². The van der Waals surface area contributed by atoms with Crippen molar-refractivity contribution in [3.63, 3.8) is 0 Å². The first-order valence-electron chi connectivity index (χ1n) is 8.40. The van der Waals surface area contributed by atoms with Crippen LogP contribution in [0.1, 0.15) is 34.1 Å². The number of nitrogens with one attached hydrogen (secondary N) is 1. The lowest BCUT2D eigenvalue weighted by Crippen LogP contribution is -2.15. The number of aryl methyl sites for hydroxylation is 2. The van der Waals surface area contributed by atoms with Crippen molar-refractivity contribution in [3.8, 4) is 0 Å². The molecule has 1 heterocycles. The van der Waals surface area contributed by atoms with E-state index in [1.807, 2.05) is 26.0 Å². The summed E-state index contributed by atoms with van der Waals surface area (Å²) >= 11 is 0. The summed E-state index contributed by atoms with van der Waals surface area (Å²) in [5.41, 5.74) is 4.44. The van der Waals surface area contributed by atoms with Gasteiger partial charge in [-0.3, -0.25) is 4.79 Å². The van der Waals surface area contributed by atoms with Gasteiger partial charge in [-0.25, -0.2) is 4.79 Å². The lowest BCUT2D eigenvalue weighted by atomic mass is 10.1. The van der Waals surface area contributed by atoms with Gasteiger partial charge in [0, 0.05) is 11.1 Å². The van der Waals surface area contributed by atoms with Gasteiger partial charge in [0.2, 0.25) is 5.91 Å². The lowest BCUT2D eigenvalue weighted by Gasteiger charge is -2.06. The highest BCUT2D eigenvalue weighted by atomic mass is 16.5. The van der Waals surface area contributed by atoms with Gasteiger partial charge in [-0.1, -0.05) is 11.2 Å². The molecule has 0 atom stereocenters. The van der Waals surface area contributed by atoms with E-state index in [9.17, 15) is 9.59 Å². The Balaban J connectivity index is 1.70. The van der Waals surface area contributed by atoms with Crippen LogP contribution in [-0.2, 0) is 16.0 Å². The van der Waals surface area contributed by atoms with Crippen molar-refractivity contribution >= 4 is 28.5 Å². The quantitative estimate of drug-likeness (QED) is 0.706. The van der Waals surface area contributed by atoms with E-state index in [0.29, 0.717) is 29.1 Å². The smallest absolute Gasteiger partial charge is 0.338 e. The zero-order valence-corrected chi connectivity index (χ0v) is 15.0. The second kappa shape index (κ2) is 7.39. The highest BCUT2D eigenvalue weighted by Gasteiger charge is 2.15. The predicted octanol–water partition coefficient (Wildman–Crippen LogP) is 3.80. The van der Waals surface area contributed by atoms with Gasteiger partial charge in [-0.15, -0.1) is 0 Å². The Morgan fingerprint density at radius 2 is 1.88 bits per heavy atom. The maximum atomic E-state index is 12.3. The van der Waals surface area contributed by atoms with E-state index in [0.717, 1.165) is 16.5 Å². The van der Waals surface area contributed by atoms with E-state index in [1.165, 1.54) is 0 Å². The molecule has 3 aromatic rings. The fraction of sp³-hybridized carbons (Fsp3) is 0.250. The largest absolute Gasteiger partial charge is 0.462 e. The molecule has 3 rings (SSSR count). The van der Waals surface area contributed by atoms with E-state index in [-0.39, 0.29) is 18.3 Å². The third kappa shape index (κ3) is 3.74. The Bertz CT molecular complexity index is 958. The fourth-order valence-electron chi connectivity index (χ4n) is 2.83. The normalized spacial score (nSPS) is 10.7. The molecule has 6 nitrogen and oxygen atoms in total. The molecule has 0 aliphatic heterocycles. The van der Waals surface area contributed by atoms with Gasteiger partial charge in [0.1, 0.15) is 5.69 Å². The van der Waals surface area contributed by atoms with E-state index in [4.69, 9.17) is 9.26 Å². The molecule has 0 spiro atoms. The molecular formula is C20H20N2O4. The fourth-order valence-corrected chi connectivity index (χ4v) is 2.83. The van der Waals surface area contributed by atoms with E-state index in [2.05, 4.69) is 10.5 Å². The molecule has 26 heavy (non-hydrogen) atoms. The van der Waals surface area contributed by atoms with Crippen LogP contribution >= 0.6 is 0 Å². The number of carbonyl (C=O) groups is 2. The number of anilines is 1. The van der Waals surface area contributed by atoms with Crippen LogP contribution in [0.5, 0.6) is 0 Å². The molecule has 2 aromatic carbocycles. The average Bonchev–Trinajstić information content (AvgIpc) is 2.98. The van der Waals surface area contributed by atoms with Crippen LogP contribution in [0.25, 0.3) is 11.0 Å². The third-order valence-corrected chi connectivity index (χ3v) is 3.98. The zero-order chi connectivity index (χ0) is 18.7. The number of rotatable bonds is 5. The Morgan fingerprint density at radius 1 is 1.15 bits per heavy atom. The van der Waals surface area contributed by atoms with Gasteiger partial charge < -0.3 is 14.6 Å². The predicted molar refractivity (Wildman–Crippen MR) is 98.2 cm³/mol. The van der Waals surface area contributed by atoms with Crippen LogP contribution in [0, 0.1) is 13.8 Å². The topological polar surface area (TPSA) is 81.4 Å². The van der Waals surface area contributed by atoms with Crippen LogP contribution in [0.2, 0.25) is 0 Å². The third-order valence-electron chi connectivity index (χ3n) is 3.98. The van der Waals surface area contributed by atoms with Crippen LogP contribution in [0.4, 0.5) is 5.69 Å². The van der Waals surface area contributed by atoms with Gasteiger partial charge >= 0.3 is 5.97 Å². The number of fused-ring (bicyclic) bond motifs is 1. The van der Waals surface area contributed by atoms with Crippen molar-refractivity contribution in [2.75, 3.05) is 11.9 Å². The minimum absolute atomic E-state index is 0.107. The number of benzene rings is 2. The second-order valence-corrected chi connectivity index (χ2v) is 6.11. The summed E-state index contributed by atoms with van der Waals surface area (Å²) in [5.74, 6) is -0.589. The Labute approximate surface area is 151 Å².